The van der Waals surface area contributed by atoms with Crippen LogP contribution in [0.5, 0.6) is 0 Å². The van der Waals surface area contributed by atoms with E-state index >= 15 is 0 Å². The standard InChI is InChI=1S/C13H16N2O5S/c1-8-2-3-10(21-8)12(17)14-6-11(16)15-4-5-20-9(7-15)13(18)19/h2-3,9H,4-7H2,1H3,(H,14,17)(H,18,19). The Morgan fingerprint density at radius 2 is 2.24 bits per heavy atom. The summed E-state index contributed by atoms with van der Waals surface area (Å²) in [4.78, 5) is 37.6. The van der Waals surface area contributed by atoms with Crippen molar-refractivity contribution in [3.05, 3.63) is 21.9 Å². The zero-order valence-corrected chi connectivity index (χ0v) is 12.3. The number of rotatable bonds is 4. The molecule has 2 amide bonds. The van der Waals surface area contributed by atoms with Crippen LogP contribution in [0.25, 0.3) is 0 Å². The third-order valence-electron chi connectivity index (χ3n) is 3.06. The number of aryl methyl sites for hydroxylation is 1. The summed E-state index contributed by atoms with van der Waals surface area (Å²) in [6.07, 6.45) is -1.00. The fourth-order valence-electron chi connectivity index (χ4n) is 1.94. The number of nitrogens with zero attached hydrogens (tertiary/aromatic N) is 1. The van der Waals surface area contributed by atoms with Crippen LogP contribution in [0.4, 0.5) is 0 Å². The van der Waals surface area contributed by atoms with Gasteiger partial charge in [-0.25, -0.2) is 4.79 Å². The van der Waals surface area contributed by atoms with Crippen LogP contribution >= 0.6 is 11.3 Å². The van der Waals surface area contributed by atoms with Gasteiger partial charge in [-0.2, -0.15) is 0 Å². The van der Waals surface area contributed by atoms with Crippen LogP contribution in [0.2, 0.25) is 0 Å². The van der Waals surface area contributed by atoms with Crippen molar-refractivity contribution in [2.24, 2.45) is 0 Å². The maximum absolute atomic E-state index is 12.0. The Balaban J connectivity index is 1.84. The zero-order valence-electron chi connectivity index (χ0n) is 11.5. The second-order valence-corrected chi connectivity index (χ2v) is 5.92. The molecule has 114 valence electrons. The number of ether oxygens (including phenoxy) is 1. The van der Waals surface area contributed by atoms with Crippen molar-refractivity contribution >= 4 is 29.1 Å². The quantitative estimate of drug-likeness (QED) is 0.822. The van der Waals surface area contributed by atoms with Crippen molar-refractivity contribution in [1.82, 2.24) is 10.2 Å². The fraction of sp³-hybridized carbons (Fsp3) is 0.462. The highest BCUT2D eigenvalue weighted by atomic mass is 32.1. The largest absolute Gasteiger partial charge is 0.479 e. The smallest absolute Gasteiger partial charge is 0.334 e. The molecule has 0 spiro atoms. The Bertz CT molecular complexity index is 557. The van der Waals surface area contributed by atoms with E-state index in [-0.39, 0.29) is 31.5 Å². The number of amides is 2. The van der Waals surface area contributed by atoms with E-state index in [4.69, 9.17) is 9.84 Å². The van der Waals surface area contributed by atoms with E-state index in [1.807, 2.05) is 13.0 Å². The molecule has 0 saturated carbocycles. The van der Waals surface area contributed by atoms with Crippen molar-refractivity contribution in [3.8, 4) is 0 Å². The van der Waals surface area contributed by atoms with Crippen LogP contribution in [0.15, 0.2) is 12.1 Å². The molecule has 1 aliphatic rings. The Labute approximate surface area is 125 Å². The number of morpholine rings is 1. The second kappa shape index (κ2) is 6.68. The number of thiophene rings is 1. The molecular weight excluding hydrogens is 296 g/mol. The second-order valence-electron chi connectivity index (χ2n) is 4.63. The zero-order chi connectivity index (χ0) is 15.4. The van der Waals surface area contributed by atoms with Gasteiger partial charge in [0.1, 0.15) is 0 Å². The number of aliphatic carboxylic acids is 1. The number of nitrogens with one attached hydrogen (secondary N) is 1. The minimum atomic E-state index is -1.09. The Hall–Kier alpha value is -1.93. The first-order valence-corrected chi connectivity index (χ1v) is 7.26. The predicted molar refractivity (Wildman–Crippen MR) is 75.3 cm³/mol. The van der Waals surface area contributed by atoms with Crippen molar-refractivity contribution in [2.75, 3.05) is 26.2 Å². The van der Waals surface area contributed by atoms with Gasteiger partial charge in [-0.3, -0.25) is 9.59 Å². The highest BCUT2D eigenvalue weighted by Crippen LogP contribution is 2.14. The molecule has 8 heteroatoms. The maximum atomic E-state index is 12.0. The molecule has 7 nitrogen and oxygen atoms in total. The molecule has 0 aliphatic carbocycles. The highest BCUT2D eigenvalue weighted by molar-refractivity contribution is 7.13. The Kier molecular flexibility index (Phi) is 4.92. The molecule has 1 atom stereocenters. The number of hydrogen-bond acceptors (Lipinski definition) is 5. The third-order valence-corrected chi connectivity index (χ3v) is 4.06. The molecule has 1 aromatic rings. The molecule has 0 radical (unpaired) electrons. The lowest BCUT2D eigenvalue weighted by atomic mass is 10.2. The van der Waals surface area contributed by atoms with Gasteiger partial charge in [0.15, 0.2) is 6.10 Å². The van der Waals surface area contributed by atoms with E-state index in [0.717, 1.165) is 4.88 Å². The SMILES string of the molecule is Cc1ccc(C(=O)NCC(=O)N2CCOC(C(=O)O)C2)s1. The minimum absolute atomic E-state index is 0.00213. The van der Waals surface area contributed by atoms with Crippen LogP contribution in [-0.2, 0) is 14.3 Å². The molecule has 2 rings (SSSR count). The van der Waals surface area contributed by atoms with Crippen molar-refractivity contribution in [1.29, 1.82) is 0 Å². The van der Waals surface area contributed by atoms with Gasteiger partial charge in [0.05, 0.1) is 24.6 Å². The molecule has 1 aliphatic heterocycles. The van der Waals surface area contributed by atoms with Crippen LogP contribution in [-0.4, -0.2) is 60.1 Å². The Morgan fingerprint density at radius 3 is 2.86 bits per heavy atom. The first kappa shape index (κ1) is 15.5. The molecule has 21 heavy (non-hydrogen) atoms. The van der Waals surface area contributed by atoms with Crippen molar-refractivity contribution in [3.63, 3.8) is 0 Å². The summed E-state index contributed by atoms with van der Waals surface area (Å²) >= 11 is 1.35. The molecule has 2 heterocycles. The number of carboxylic acid groups (broad SMARTS) is 1. The van der Waals surface area contributed by atoms with Gasteiger partial charge in [-0.1, -0.05) is 0 Å². The number of carbonyl (C=O) groups is 3. The minimum Gasteiger partial charge on any atom is -0.479 e. The number of hydrogen-bond donors (Lipinski definition) is 2. The van der Waals surface area contributed by atoms with Crippen molar-refractivity contribution in [2.45, 2.75) is 13.0 Å². The molecule has 0 aromatic carbocycles. The van der Waals surface area contributed by atoms with Gasteiger partial charge in [-0.05, 0) is 19.1 Å². The summed E-state index contributed by atoms with van der Waals surface area (Å²) in [5.41, 5.74) is 0. The average molecular weight is 312 g/mol. The van der Waals surface area contributed by atoms with Crippen LogP contribution < -0.4 is 5.32 Å². The van der Waals surface area contributed by atoms with E-state index in [0.29, 0.717) is 11.4 Å². The van der Waals surface area contributed by atoms with E-state index < -0.39 is 12.1 Å². The molecule has 0 bridgehead atoms. The van der Waals surface area contributed by atoms with Crippen LogP contribution in [0, 0.1) is 6.92 Å². The summed E-state index contributed by atoms with van der Waals surface area (Å²) in [6, 6.07) is 3.54. The van der Waals surface area contributed by atoms with Gasteiger partial charge >= 0.3 is 5.97 Å². The van der Waals surface area contributed by atoms with Crippen LogP contribution in [0.3, 0.4) is 0 Å². The van der Waals surface area contributed by atoms with E-state index in [9.17, 15) is 14.4 Å². The fourth-order valence-corrected chi connectivity index (χ4v) is 2.72. The monoisotopic (exact) mass is 312 g/mol. The van der Waals surface area contributed by atoms with Gasteiger partial charge in [0.25, 0.3) is 5.91 Å². The third kappa shape index (κ3) is 4.02. The summed E-state index contributed by atoms with van der Waals surface area (Å²) < 4.78 is 5.04. The normalized spacial score (nSPS) is 18.3. The van der Waals surface area contributed by atoms with Gasteiger partial charge in [-0.15, -0.1) is 11.3 Å². The van der Waals surface area contributed by atoms with Crippen LogP contribution in [0.1, 0.15) is 14.5 Å². The van der Waals surface area contributed by atoms with Gasteiger partial charge < -0.3 is 20.1 Å². The molecular formula is C13H16N2O5S. The lowest BCUT2D eigenvalue weighted by molar-refractivity contribution is -0.159. The molecule has 2 N–H and O–H groups in total. The molecule has 1 saturated heterocycles. The predicted octanol–water partition coefficient (Wildman–Crippen LogP) is 0.0983. The van der Waals surface area contributed by atoms with Crippen molar-refractivity contribution < 1.29 is 24.2 Å². The molecule has 1 aromatic heterocycles. The number of carboxylic acids is 1. The Morgan fingerprint density at radius 1 is 1.48 bits per heavy atom. The highest BCUT2D eigenvalue weighted by Gasteiger charge is 2.28. The maximum Gasteiger partial charge on any atom is 0.334 e. The molecule has 1 unspecified atom stereocenters. The van der Waals surface area contributed by atoms with Gasteiger partial charge in [0.2, 0.25) is 5.91 Å². The average Bonchev–Trinajstić information content (AvgIpc) is 2.91. The lowest BCUT2D eigenvalue weighted by Gasteiger charge is -2.30. The summed E-state index contributed by atoms with van der Waals surface area (Å²) in [5, 5.41) is 11.4. The number of carbonyl (C=O) groups excluding carboxylic acids is 2. The van der Waals surface area contributed by atoms with Gasteiger partial charge in [0, 0.05) is 11.4 Å². The first-order chi connectivity index (χ1) is 9.97. The topological polar surface area (TPSA) is 95.9 Å². The summed E-state index contributed by atoms with van der Waals surface area (Å²) in [6.45, 7) is 2.26. The first-order valence-electron chi connectivity index (χ1n) is 6.44. The molecule has 1 fully saturated rings. The van der Waals surface area contributed by atoms with E-state index in [1.165, 1.54) is 16.2 Å². The lowest BCUT2D eigenvalue weighted by Crippen LogP contribution is -2.51. The summed E-state index contributed by atoms with van der Waals surface area (Å²) in [7, 11) is 0. The van der Waals surface area contributed by atoms with E-state index in [2.05, 4.69) is 5.32 Å². The summed E-state index contributed by atoms with van der Waals surface area (Å²) in [5.74, 6) is -1.71. The van der Waals surface area contributed by atoms with E-state index in [1.54, 1.807) is 6.07 Å².